The van der Waals surface area contributed by atoms with Crippen molar-refractivity contribution >= 4 is 29.0 Å². The second-order valence-corrected chi connectivity index (χ2v) is 6.11. The van der Waals surface area contributed by atoms with Crippen molar-refractivity contribution in [3.05, 3.63) is 52.8 Å². The zero-order chi connectivity index (χ0) is 18.4. The van der Waals surface area contributed by atoms with Crippen LogP contribution in [0.1, 0.15) is 5.56 Å². The molecule has 2 rings (SSSR count). The summed E-state index contributed by atoms with van der Waals surface area (Å²) in [4.78, 5) is 25.5. The van der Waals surface area contributed by atoms with Gasteiger partial charge in [0.15, 0.2) is 0 Å². The Balaban J connectivity index is 2.00. The van der Waals surface area contributed by atoms with E-state index in [-0.39, 0.29) is 23.6 Å². The Labute approximate surface area is 148 Å². The molecule has 0 bridgehead atoms. The van der Waals surface area contributed by atoms with Crippen molar-refractivity contribution < 1.29 is 19.3 Å². The van der Waals surface area contributed by atoms with Crippen LogP contribution in [0.5, 0.6) is 0 Å². The Morgan fingerprint density at radius 2 is 2.04 bits per heavy atom. The zero-order valence-electron chi connectivity index (χ0n) is 13.1. The number of hydrogen-bond acceptors (Lipinski definition) is 5. The molecule has 0 radical (unpaired) electrons. The lowest BCUT2D eigenvalue weighted by Gasteiger charge is -2.11. The quantitative estimate of drug-likeness (QED) is 0.779. The van der Waals surface area contributed by atoms with Crippen LogP contribution in [0.3, 0.4) is 0 Å². The van der Waals surface area contributed by atoms with Gasteiger partial charge in [0.2, 0.25) is 5.92 Å². The molecule has 2 N–H and O–H groups in total. The number of nitrogens with zero attached hydrogens (tertiary/aromatic N) is 3. The van der Waals surface area contributed by atoms with Gasteiger partial charge in [0.1, 0.15) is 11.5 Å². The fourth-order valence-electron chi connectivity index (χ4n) is 2.12. The second-order valence-electron chi connectivity index (χ2n) is 5.11. The normalized spacial score (nSPS) is 15.5. The van der Waals surface area contributed by atoms with E-state index < -0.39 is 22.9 Å². The molecule has 1 aliphatic heterocycles. The highest BCUT2D eigenvalue weighted by molar-refractivity contribution is 8.18. The van der Waals surface area contributed by atoms with Gasteiger partial charge in [-0.1, -0.05) is 18.2 Å². The lowest BCUT2D eigenvalue weighted by molar-refractivity contribution is -0.608. The van der Waals surface area contributed by atoms with Crippen LogP contribution in [-0.4, -0.2) is 29.1 Å². The van der Waals surface area contributed by atoms with Gasteiger partial charge in [-0.15, -0.1) is 0 Å². The number of benzene rings is 1. The molecule has 0 aliphatic carbocycles. The number of allylic oxidation sites excluding steroid dienone is 1. The molecule has 6 nitrogen and oxygen atoms in total. The average molecular weight is 357 g/mol. The summed E-state index contributed by atoms with van der Waals surface area (Å²) in [7, 11) is 0. The van der Waals surface area contributed by atoms with Crippen LogP contribution >= 0.6 is 11.8 Å². The largest absolute Gasteiger partial charge is 0.314 e. The fraction of sp³-hybridized carbons (Fsp3) is 0.176. The Hall–Kier alpha value is -2.94. The first-order valence-electron chi connectivity index (χ1n) is 7.29. The summed E-state index contributed by atoms with van der Waals surface area (Å²) >= 11 is 0.750. The predicted molar refractivity (Wildman–Crippen MR) is 89.7 cm³/mol. The summed E-state index contributed by atoms with van der Waals surface area (Å²) < 4.78 is 13.7. The van der Waals surface area contributed by atoms with E-state index in [0.29, 0.717) is 5.70 Å². The fourth-order valence-corrected chi connectivity index (χ4v) is 2.97. The van der Waals surface area contributed by atoms with E-state index >= 15 is 0 Å². The molecule has 0 unspecified atom stereocenters. The van der Waals surface area contributed by atoms with Gasteiger partial charge in [0.25, 0.3) is 11.1 Å². The van der Waals surface area contributed by atoms with Gasteiger partial charge in [-0.25, -0.2) is 4.39 Å². The number of carbonyl (C=O) groups is 2. The number of carbonyl (C=O) groups excluding carboxylic acids is 2. The van der Waals surface area contributed by atoms with Crippen molar-refractivity contribution in [3.8, 4) is 12.1 Å². The Morgan fingerprint density at radius 3 is 2.68 bits per heavy atom. The van der Waals surface area contributed by atoms with E-state index in [1.54, 1.807) is 23.5 Å². The van der Waals surface area contributed by atoms with Crippen molar-refractivity contribution in [1.29, 1.82) is 10.5 Å². The number of imide groups is 1. The van der Waals surface area contributed by atoms with E-state index in [0.717, 1.165) is 16.7 Å². The van der Waals surface area contributed by atoms with Gasteiger partial charge < -0.3 is 5.32 Å². The maximum Gasteiger partial charge on any atom is 0.293 e. The molecule has 1 saturated heterocycles. The Bertz CT molecular complexity index is 824. The topological polar surface area (TPSA) is 102 Å². The first-order chi connectivity index (χ1) is 12.0. The van der Waals surface area contributed by atoms with E-state index in [9.17, 15) is 14.0 Å². The van der Waals surface area contributed by atoms with Crippen LogP contribution in [0.4, 0.5) is 9.18 Å². The SMILES string of the molecule is C=C([NH2+]CCN1C(=O)S/C(=C\c2ccccc2F)C1=O)C(C#N)C#N. The third-order valence-electron chi connectivity index (χ3n) is 3.45. The van der Waals surface area contributed by atoms with Gasteiger partial charge >= 0.3 is 0 Å². The minimum atomic E-state index is -0.948. The average Bonchev–Trinajstić information content (AvgIpc) is 2.85. The summed E-state index contributed by atoms with van der Waals surface area (Å²) in [5, 5.41) is 18.7. The van der Waals surface area contributed by atoms with Crippen molar-refractivity contribution in [3.63, 3.8) is 0 Å². The van der Waals surface area contributed by atoms with Crippen LogP contribution in [0.2, 0.25) is 0 Å². The molecule has 0 saturated carbocycles. The standard InChI is InChI=1S/C17H13FN4O2S/c1-11(13(9-19)10-20)21-6-7-22-16(23)15(25-17(22)24)8-12-4-2-3-5-14(12)18/h2-5,8,13,21H,1,6-7H2/p+1/b15-8-. The number of hydrogen-bond donors (Lipinski definition) is 1. The summed E-state index contributed by atoms with van der Waals surface area (Å²) in [6, 6.07) is 9.57. The van der Waals surface area contributed by atoms with Crippen molar-refractivity contribution in [1.82, 2.24) is 4.90 Å². The number of halogens is 1. The van der Waals surface area contributed by atoms with Gasteiger partial charge in [-0.3, -0.25) is 14.5 Å². The van der Waals surface area contributed by atoms with E-state index in [1.165, 1.54) is 24.3 Å². The molecule has 126 valence electrons. The molecule has 0 spiro atoms. The van der Waals surface area contributed by atoms with E-state index in [1.807, 2.05) is 0 Å². The number of nitriles is 2. The molecule has 0 aromatic heterocycles. The molecule has 1 aliphatic rings. The summed E-state index contributed by atoms with van der Waals surface area (Å²) in [6.07, 6.45) is 1.35. The number of thioether (sulfide) groups is 1. The van der Waals surface area contributed by atoms with Gasteiger partial charge in [-0.2, -0.15) is 10.5 Å². The smallest absolute Gasteiger partial charge is 0.293 e. The second kappa shape index (κ2) is 8.25. The van der Waals surface area contributed by atoms with Crippen LogP contribution in [0, 0.1) is 34.4 Å². The molecule has 1 fully saturated rings. The first-order valence-corrected chi connectivity index (χ1v) is 8.10. The number of quaternary nitrogens is 1. The lowest BCUT2D eigenvalue weighted by atomic mass is 10.1. The maximum absolute atomic E-state index is 13.7. The first kappa shape index (κ1) is 18.4. The highest BCUT2D eigenvalue weighted by Crippen LogP contribution is 2.32. The molecular weight excluding hydrogens is 343 g/mol. The van der Waals surface area contributed by atoms with Crippen LogP contribution in [0.15, 0.2) is 41.4 Å². The van der Waals surface area contributed by atoms with E-state index in [2.05, 4.69) is 6.58 Å². The van der Waals surface area contributed by atoms with Crippen molar-refractivity contribution in [2.45, 2.75) is 0 Å². The minimum absolute atomic E-state index is 0.0991. The molecule has 0 atom stereocenters. The number of amides is 2. The van der Waals surface area contributed by atoms with Crippen LogP contribution < -0.4 is 5.32 Å². The molecule has 1 aromatic carbocycles. The van der Waals surface area contributed by atoms with E-state index in [4.69, 9.17) is 10.5 Å². The maximum atomic E-state index is 13.7. The Kier molecular flexibility index (Phi) is 6.07. The van der Waals surface area contributed by atoms with Gasteiger partial charge in [-0.05, 0) is 30.5 Å². The van der Waals surface area contributed by atoms with Gasteiger partial charge in [0.05, 0.1) is 30.1 Å². The monoisotopic (exact) mass is 357 g/mol. The van der Waals surface area contributed by atoms with Gasteiger partial charge in [0, 0.05) is 5.56 Å². The molecule has 2 amide bonds. The predicted octanol–water partition coefficient (Wildman–Crippen LogP) is 1.60. The summed E-state index contributed by atoms with van der Waals surface area (Å²) in [5.74, 6) is -1.91. The summed E-state index contributed by atoms with van der Waals surface area (Å²) in [6.45, 7) is 4.01. The Morgan fingerprint density at radius 1 is 1.36 bits per heavy atom. The molecule has 1 aromatic rings. The highest BCUT2D eigenvalue weighted by Gasteiger charge is 2.35. The van der Waals surface area contributed by atoms with Crippen molar-refractivity contribution in [2.75, 3.05) is 13.1 Å². The third kappa shape index (κ3) is 4.32. The highest BCUT2D eigenvalue weighted by atomic mass is 32.2. The summed E-state index contributed by atoms with van der Waals surface area (Å²) in [5.41, 5.74) is 0.567. The number of rotatable bonds is 6. The van der Waals surface area contributed by atoms with Crippen molar-refractivity contribution in [2.24, 2.45) is 5.92 Å². The lowest BCUT2D eigenvalue weighted by Crippen LogP contribution is -2.84. The number of nitrogens with two attached hydrogens (primary N) is 1. The molecule has 1 heterocycles. The molecule has 25 heavy (non-hydrogen) atoms. The molecular formula is C17H14FN4O2S+. The molecule has 8 heteroatoms. The third-order valence-corrected chi connectivity index (χ3v) is 4.36. The zero-order valence-corrected chi connectivity index (χ0v) is 13.9. The van der Waals surface area contributed by atoms with Crippen LogP contribution in [-0.2, 0) is 4.79 Å². The van der Waals surface area contributed by atoms with Crippen LogP contribution in [0.25, 0.3) is 6.08 Å². The minimum Gasteiger partial charge on any atom is -0.314 e.